The minimum atomic E-state index is -1.08. The molecule has 0 fully saturated rings. The Bertz CT molecular complexity index is 854. The van der Waals surface area contributed by atoms with E-state index in [0.717, 1.165) is 0 Å². The molecular weight excluding hydrogens is 364 g/mol. The van der Waals surface area contributed by atoms with Crippen molar-refractivity contribution in [1.29, 1.82) is 5.41 Å². The van der Waals surface area contributed by atoms with Crippen molar-refractivity contribution >= 4 is 29.4 Å². The van der Waals surface area contributed by atoms with E-state index in [0.29, 0.717) is 16.8 Å². The van der Waals surface area contributed by atoms with Gasteiger partial charge in [-0.25, -0.2) is 4.79 Å². The maximum absolute atomic E-state index is 12.1. The molecule has 0 bridgehead atoms. The molecule has 1 aromatic carbocycles. The first-order valence-electron chi connectivity index (χ1n) is 8.25. The van der Waals surface area contributed by atoms with Gasteiger partial charge in [-0.3, -0.25) is 20.0 Å². The van der Waals surface area contributed by atoms with Gasteiger partial charge in [0.1, 0.15) is 5.84 Å². The molecule has 2 aromatic rings. The third-order valence-electron chi connectivity index (χ3n) is 3.66. The van der Waals surface area contributed by atoms with Crippen LogP contribution < -0.4 is 21.7 Å². The summed E-state index contributed by atoms with van der Waals surface area (Å²) in [6.45, 7) is -0.340. The number of nitrogens with zero attached hydrogens (tertiary/aromatic N) is 1. The van der Waals surface area contributed by atoms with Crippen LogP contribution in [0.2, 0.25) is 0 Å². The summed E-state index contributed by atoms with van der Waals surface area (Å²) in [6.07, 6.45) is 2.70. The molecule has 146 valence electrons. The molecule has 0 saturated carbocycles. The zero-order chi connectivity index (χ0) is 20.5. The molecule has 1 atom stereocenters. The van der Waals surface area contributed by atoms with Gasteiger partial charge in [0, 0.05) is 23.6 Å². The molecule has 0 radical (unpaired) electrons. The van der Waals surface area contributed by atoms with Crippen LogP contribution in [-0.4, -0.2) is 40.4 Å². The predicted octanol–water partition coefficient (Wildman–Crippen LogP) is 0.819. The largest absolute Gasteiger partial charge is 0.481 e. The number of hydrogen-bond donors (Lipinski definition) is 6. The van der Waals surface area contributed by atoms with E-state index in [-0.39, 0.29) is 18.8 Å². The number of anilines is 1. The zero-order valence-corrected chi connectivity index (χ0v) is 14.8. The van der Waals surface area contributed by atoms with E-state index in [1.165, 1.54) is 12.4 Å². The van der Waals surface area contributed by atoms with Crippen molar-refractivity contribution in [1.82, 2.24) is 15.6 Å². The highest BCUT2D eigenvalue weighted by atomic mass is 16.4. The van der Waals surface area contributed by atoms with Crippen LogP contribution in [0, 0.1) is 5.41 Å². The number of carbonyl (C=O) groups is 3. The van der Waals surface area contributed by atoms with Crippen LogP contribution in [0.1, 0.15) is 23.6 Å². The normalized spacial score (nSPS) is 11.1. The number of pyridine rings is 1. The number of nitrogens with one attached hydrogen (secondary N) is 4. The number of aliphatic carboxylic acids is 1. The SMILES string of the molecule is N=C(N)c1ccc(NC(=O)NCC(=O)NC(CC(=O)O)c2cccnc2)cc1. The molecule has 0 saturated heterocycles. The Kier molecular flexibility index (Phi) is 7.03. The van der Waals surface area contributed by atoms with Gasteiger partial charge in [0.2, 0.25) is 5.91 Å². The van der Waals surface area contributed by atoms with Crippen LogP contribution in [0.5, 0.6) is 0 Å². The van der Waals surface area contributed by atoms with E-state index in [4.69, 9.17) is 16.2 Å². The summed E-state index contributed by atoms with van der Waals surface area (Å²) in [4.78, 5) is 38.9. The number of carboxylic acids is 1. The number of amides is 3. The molecule has 2 rings (SSSR count). The Morgan fingerprint density at radius 3 is 2.46 bits per heavy atom. The standard InChI is InChI=1S/C18H20N6O4/c19-17(20)11-3-5-13(6-4-11)23-18(28)22-10-15(25)24-14(8-16(26)27)12-2-1-7-21-9-12/h1-7,9,14H,8,10H2,(H3,19,20)(H,24,25)(H,26,27)(H2,22,23,28). The lowest BCUT2D eigenvalue weighted by atomic mass is 10.1. The lowest BCUT2D eigenvalue weighted by Crippen LogP contribution is -2.40. The molecule has 1 aromatic heterocycles. The van der Waals surface area contributed by atoms with Crippen LogP contribution in [0.15, 0.2) is 48.8 Å². The van der Waals surface area contributed by atoms with Crippen molar-refractivity contribution in [2.45, 2.75) is 12.5 Å². The summed E-state index contributed by atoms with van der Waals surface area (Å²) >= 11 is 0. The average Bonchev–Trinajstić information content (AvgIpc) is 2.66. The molecule has 1 unspecified atom stereocenters. The number of rotatable bonds is 8. The van der Waals surface area contributed by atoms with Gasteiger partial charge in [-0.05, 0) is 35.9 Å². The fourth-order valence-electron chi connectivity index (χ4n) is 2.32. The summed E-state index contributed by atoms with van der Waals surface area (Å²) in [7, 11) is 0. The van der Waals surface area contributed by atoms with Crippen molar-refractivity contribution in [2.24, 2.45) is 5.73 Å². The highest BCUT2D eigenvalue weighted by molar-refractivity contribution is 5.96. The van der Waals surface area contributed by atoms with Crippen LogP contribution >= 0.6 is 0 Å². The fraction of sp³-hybridized carbons (Fsp3) is 0.167. The molecule has 0 aliphatic carbocycles. The molecule has 28 heavy (non-hydrogen) atoms. The summed E-state index contributed by atoms with van der Waals surface area (Å²) in [6, 6.07) is 8.23. The van der Waals surface area contributed by atoms with Gasteiger partial charge in [0.25, 0.3) is 0 Å². The molecule has 0 spiro atoms. The number of carboxylic acid groups (broad SMARTS) is 1. The number of nitrogen functional groups attached to an aromatic ring is 1. The highest BCUT2D eigenvalue weighted by Gasteiger charge is 2.18. The number of benzene rings is 1. The molecule has 1 heterocycles. The fourth-order valence-corrected chi connectivity index (χ4v) is 2.32. The van der Waals surface area contributed by atoms with E-state index in [9.17, 15) is 14.4 Å². The summed E-state index contributed by atoms with van der Waals surface area (Å²) < 4.78 is 0. The molecule has 7 N–H and O–H groups in total. The Hall–Kier alpha value is -3.95. The van der Waals surface area contributed by atoms with E-state index < -0.39 is 23.9 Å². The van der Waals surface area contributed by atoms with Crippen molar-refractivity contribution in [2.75, 3.05) is 11.9 Å². The predicted molar refractivity (Wildman–Crippen MR) is 102 cm³/mol. The summed E-state index contributed by atoms with van der Waals surface area (Å²) in [5.74, 6) is -1.71. The van der Waals surface area contributed by atoms with Crippen molar-refractivity contribution in [3.05, 3.63) is 59.9 Å². The second-order valence-electron chi connectivity index (χ2n) is 5.80. The van der Waals surface area contributed by atoms with Gasteiger partial charge < -0.3 is 26.8 Å². The molecule has 0 aliphatic rings. The van der Waals surface area contributed by atoms with E-state index in [1.807, 2.05) is 0 Å². The first kappa shape index (κ1) is 20.4. The quantitative estimate of drug-likeness (QED) is 0.290. The van der Waals surface area contributed by atoms with Crippen molar-refractivity contribution in [3.8, 4) is 0 Å². The smallest absolute Gasteiger partial charge is 0.319 e. The molecule has 10 nitrogen and oxygen atoms in total. The van der Waals surface area contributed by atoms with Gasteiger partial charge in [-0.1, -0.05) is 6.07 Å². The Morgan fingerprint density at radius 1 is 1.18 bits per heavy atom. The lowest BCUT2D eigenvalue weighted by molar-refractivity contribution is -0.137. The van der Waals surface area contributed by atoms with Gasteiger partial charge in [-0.15, -0.1) is 0 Å². The second kappa shape index (κ2) is 9.67. The third-order valence-corrected chi connectivity index (χ3v) is 3.66. The van der Waals surface area contributed by atoms with E-state index >= 15 is 0 Å². The Labute approximate surface area is 160 Å². The second-order valence-corrected chi connectivity index (χ2v) is 5.80. The first-order chi connectivity index (χ1) is 13.3. The minimum Gasteiger partial charge on any atom is -0.481 e. The van der Waals surface area contributed by atoms with Crippen LogP contribution in [-0.2, 0) is 9.59 Å². The number of hydrogen-bond acceptors (Lipinski definition) is 5. The molecule has 10 heteroatoms. The monoisotopic (exact) mass is 384 g/mol. The van der Waals surface area contributed by atoms with Gasteiger partial charge in [0.15, 0.2) is 0 Å². The number of nitrogens with two attached hydrogens (primary N) is 1. The maximum atomic E-state index is 12.1. The lowest BCUT2D eigenvalue weighted by Gasteiger charge is -2.17. The topological polar surface area (TPSA) is 170 Å². The molecular formula is C18H20N6O4. The number of amidine groups is 1. The highest BCUT2D eigenvalue weighted by Crippen LogP contribution is 2.15. The number of urea groups is 1. The maximum Gasteiger partial charge on any atom is 0.319 e. The third kappa shape index (κ3) is 6.41. The zero-order valence-electron chi connectivity index (χ0n) is 14.8. The van der Waals surface area contributed by atoms with E-state index in [2.05, 4.69) is 20.9 Å². The number of aromatic nitrogens is 1. The molecule has 0 aliphatic heterocycles. The van der Waals surface area contributed by atoms with Gasteiger partial charge >= 0.3 is 12.0 Å². The van der Waals surface area contributed by atoms with Crippen LogP contribution in [0.3, 0.4) is 0 Å². The van der Waals surface area contributed by atoms with Crippen molar-refractivity contribution < 1.29 is 19.5 Å². The molecule has 3 amide bonds. The summed E-state index contributed by atoms with van der Waals surface area (Å²) in [5, 5.41) is 23.8. The Morgan fingerprint density at radius 2 is 1.89 bits per heavy atom. The minimum absolute atomic E-state index is 0.0859. The Balaban J connectivity index is 1.86. The van der Waals surface area contributed by atoms with Gasteiger partial charge in [0.05, 0.1) is 19.0 Å². The van der Waals surface area contributed by atoms with Gasteiger partial charge in [-0.2, -0.15) is 0 Å². The first-order valence-corrected chi connectivity index (χ1v) is 8.25. The van der Waals surface area contributed by atoms with Crippen molar-refractivity contribution in [3.63, 3.8) is 0 Å². The summed E-state index contributed by atoms with van der Waals surface area (Å²) in [5.41, 5.74) is 6.88. The van der Waals surface area contributed by atoms with E-state index in [1.54, 1.807) is 36.4 Å². The van der Waals surface area contributed by atoms with Crippen LogP contribution in [0.4, 0.5) is 10.5 Å². The number of carbonyl (C=O) groups excluding carboxylic acids is 2. The average molecular weight is 384 g/mol. The van der Waals surface area contributed by atoms with Crippen LogP contribution in [0.25, 0.3) is 0 Å².